The van der Waals surface area contributed by atoms with Crippen LogP contribution in [0.25, 0.3) is 0 Å². The number of amides is 1. The van der Waals surface area contributed by atoms with Gasteiger partial charge in [0, 0.05) is 12.6 Å². The standard InChI is InChI=1S/C13H15F2N3O3/c1-7-2-8(5-16)6-17(7)13(19)10-3-9(14)4-11(12(10)15)18(20)21/h3-4,7-8H,2,5-6,16H2,1H3. The monoisotopic (exact) mass is 299 g/mol. The molecule has 6 nitrogen and oxygen atoms in total. The fourth-order valence-electron chi connectivity index (χ4n) is 2.61. The number of carbonyl (C=O) groups excluding carboxylic acids is 1. The zero-order chi connectivity index (χ0) is 15.7. The number of nitrogens with zero attached hydrogens (tertiary/aromatic N) is 2. The molecule has 0 spiro atoms. The van der Waals surface area contributed by atoms with Crippen molar-refractivity contribution in [1.29, 1.82) is 0 Å². The van der Waals surface area contributed by atoms with E-state index in [2.05, 4.69) is 0 Å². The molecule has 114 valence electrons. The van der Waals surface area contributed by atoms with E-state index in [1.54, 1.807) is 6.92 Å². The summed E-state index contributed by atoms with van der Waals surface area (Å²) < 4.78 is 27.4. The number of nitrogens with two attached hydrogens (primary N) is 1. The summed E-state index contributed by atoms with van der Waals surface area (Å²) in [4.78, 5) is 23.3. The molecular formula is C13H15F2N3O3. The zero-order valence-corrected chi connectivity index (χ0v) is 11.4. The number of likely N-dealkylation sites (tertiary alicyclic amines) is 1. The summed E-state index contributed by atoms with van der Waals surface area (Å²) in [6, 6.07) is 0.975. The molecule has 1 saturated heterocycles. The molecule has 1 fully saturated rings. The molecule has 0 bridgehead atoms. The van der Waals surface area contributed by atoms with Gasteiger partial charge in [0.15, 0.2) is 0 Å². The zero-order valence-electron chi connectivity index (χ0n) is 11.4. The first-order valence-corrected chi connectivity index (χ1v) is 6.49. The number of hydrogen-bond donors (Lipinski definition) is 1. The first kappa shape index (κ1) is 15.3. The Morgan fingerprint density at radius 2 is 2.19 bits per heavy atom. The molecule has 1 aromatic carbocycles. The third-order valence-electron chi connectivity index (χ3n) is 3.70. The van der Waals surface area contributed by atoms with Gasteiger partial charge in [0.1, 0.15) is 5.82 Å². The molecule has 8 heteroatoms. The Bertz CT molecular complexity index is 594. The fourth-order valence-corrected chi connectivity index (χ4v) is 2.61. The van der Waals surface area contributed by atoms with Gasteiger partial charge in [0.05, 0.1) is 16.6 Å². The van der Waals surface area contributed by atoms with Crippen LogP contribution in [0.2, 0.25) is 0 Å². The van der Waals surface area contributed by atoms with Gasteiger partial charge in [-0.1, -0.05) is 0 Å². The van der Waals surface area contributed by atoms with Gasteiger partial charge in [0.25, 0.3) is 5.91 Å². The highest BCUT2D eigenvalue weighted by molar-refractivity contribution is 5.95. The normalized spacial score (nSPS) is 21.6. The van der Waals surface area contributed by atoms with Gasteiger partial charge in [-0.25, -0.2) is 4.39 Å². The van der Waals surface area contributed by atoms with Crippen molar-refractivity contribution in [3.8, 4) is 0 Å². The number of hydrogen-bond acceptors (Lipinski definition) is 4. The van der Waals surface area contributed by atoms with Crippen molar-refractivity contribution >= 4 is 11.6 Å². The van der Waals surface area contributed by atoms with Gasteiger partial charge in [-0.3, -0.25) is 14.9 Å². The highest BCUT2D eigenvalue weighted by Gasteiger charge is 2.35. The van der Waals surface area contributed by atoms with E-state index in [-0.39, 0.29) is 12.0 Å². The van der Waals surface area contributed by atoms with Crippen LogP contribution in [0.4, 0.5) is 14.5 Å². The molecule has 0 radical (unpaired) electrons. The summed E-state index contributed by atoms with van der Waals surface area (Å²) >= 11 is 0. The molecule has 0 saturated carbocycles. The molecule has 1 amide bonds. The molecule has 1 aliphatic heterocycles. The molecule has 0 aliphatic carbocycles. The molecule has 2 unspecified atom stereocenters. The van der Waals surface area contributed by atoms with E-state index >= 15 is 0 Å². The van der Waals surface area contributed by atoms with E-state index < -0.39 is 33.7 Å². The van der Waals surface area contributed by atoms with E-state index in [4.69, 9.17) is 5.73 Å². The lowest BCUT2D eigenvalue weighted by molar-refractivity contribution is -0.387. The first-order chi connectivity index (χ1) is 9.85. The fraction of sp³-hybridized carbons (Fsp3) is 0.462. The van der Waals surface area contributed by atoms with Crippen LogP contribution in [0, 0.1) is 27.7 Å². The lowest BCUT2D eigenvalue weighted by Crippen LogP contribution is -2.35. The topological polar surface area (TPSA) is 89.5 Å². The van der Waals surface area contributed by atoms with Gasteiger partial charge in [-0.15, -0.1) is 0 Å². The maximum absolute atomic E-state index is 14.0. The number of nitro benzene ring substituents is 1. The van der Waals surface area contributed by atoms with Crippen LogP contribution in [-0.2, 0) is 0 Å². The minimum absolute atomic E-state index is 0.0931. The Hall–Kier alpha value is -2.09. The quantitative estimate of drug-likeness (QED) is 0.679. The predicted molar refractivity (Wildman–Crippen MR) is 70.7 cm³/mol. The van der Waals surface area contributed by atoms with Gasteiger partial charge < -0.3 is 10.6 Å². The lowest BCUT2D eigenvalue weighted by atomic mass is 10.1. The molecule has 21 heavy (non-hydrogen) atoms. The minimum Gasteiger partial charge on any atom is -0.336 e. The molecule has 2 rings (SSSR count). The Morgan fingerprint density at radius 1 is 1.52 bits per heavy atom. The molecule has 2 atom stereocenters. The van der Waals surface area contributed by atoms with Crippen molar-refractivity contribution in [2.45, 2.75) is 19.4 Å². The lowest BCUT2D eigenvalue weighted by Gasteiger charge is -2.21. The van der Waals surface area contributed by atoms with Crippen molar-refractivity contribution in [2.75, 3.05) is 13.1 Å². The van der Waals surface area contributed by atoms with Gasteiger partial charge in [-0.05, 0) is 31.9 Å². The molecule has 1 aromatic rings. The smallest absolute Gasteiger partial charge is 0.308 e. The average Bonchev–Trinajstić information content (AvgIpc) is 2.81. The number of nitro groups is 1. The Morgan fingerprint density at radius 3 is 2.71 bits per heavy atom. The van der Waals surface area contributed by atoms with Crippen molar-refractivity contribution in [3.05, 3.63) is 39.4 Å². The summed E-state index contributed by atoms with van der Waals surface area (Å²) in [6.07, 6.45) is 0.668. The molecule has 0 aromatic heterocycles. The number of halogens is 2. The summed E-state index contributed by atoms with van der Waals surface area (Å²) in [7, 11) is 0. The molecule has 1 aliphatic rings. The van der Waals surface area contributed by atoms with Crippen molar-refractivity contribution in [3.63, 3.8) is 0 Å². The summed E-state index contributed by atoms with van der Waals surface area (Å²) in [5.41, 5.74) is 3.89. The third-order valence-corrected chi connectivity index (χ3v) is 3.70. The molecular weight excluding hydrogens is 284 g/mol. The van der Waals surface area contributed by atoms with Gasteiger partial charge in [-0.2, -0.15) is 4.39 Å². The Kier molecular flexibility index (Phi) is 4.17. The average molecular weight is 299 g/mol. The SMILES string of the molecule is CC1CC(CN)CN1C(=O)c1cc(F)cc([N+](=O)[O-])c1F. The summed E-state index contributed by atoms with van der Waals surface area (Å²) in [6.45, 7) is 2.50. The van der Waals surface area contributed by atoms with E-state index in [9.17, 15) is 23.7 Å². The largest absolute Gasteiger partial charge is 0.336 e. The van der Waals surface area contributed by atoms with E-state index in [1.165, 1.54) is 4.90 Å². The van der Waals surface area contributed by atoms with Crippen LogP contribution in [0.3, 0.4) is 0 Å². The van der Waals surface area contributed by atoms with Crippen LogP contribution < -0.4 is 5.73 Å². The van der Waals surface area contributed by atoms with Crippen molar-refractivity contribution < 1.29 is 18.5 Å². The highest BCUT2D eigenvalue weighted by Crippen LogP contribution is 2.28. The van der Waals surface area contributed by atoms with Gasteiger partial charge >= 0.3 is 5.69 Å². The first-order valence-electron chi connectivity index (χ1n) is 6.49. The third kappa shape index (κ3) is 2.85. The number of rotatable bonds is 3. The Labute approximate surface area is 119 Å². The molecule has 2 N–H and O–H groups in total. The second-order valence-corrected chi connectivity index (χ2v) is 5.19. The van der Waals surface area contributed by atoms with Crippen LogP contribution in [-0.4, -0.2) is 34.9 Å². The van der Waals surface area contributed by atoms with Crippen LogP contribution in [0.15, 0.2) is 12.1 Å². The Balaban J connectivity index is 2.38. The van der Waals surface area contributed by atoms with Crippen LogP contribution in [0.5, 0.6) is 0 Å². The number of benzene rings is 1. The van der Waals surface area contributed by atoms with Crippen molar-refractivity contribution in [2.24, 2.45) is 11.7 Å². The molecule has 1 heterocycles. The predicted octanol–water partition coefficient (Wildman–Crippen LogP) is 1.68. The van der Waals surface area contributed by atoms with Gasteiger partial charge in [0.2, 0.25) is 5.82 Å². The summed E-state index contributed by atoms with van der Waals surface area (Å²) in [5, 5.41) is 10.7. The van der Waals surface area contributed by atoms with Crippen LogP contribution >= 0.6 is 0 Å². The van der Waals surface area contributed by atoms with Crippen LogP contribution in [0.1, 0.15) is 23.7 Å². The van der Waals surface area contributed by atoms with E-state index in [0.717, 1.165) is 0 Å². The minimum atomic E-state index is -1.31. The second-order valence-electron chi connectivity index (χ2n) is 5.19. The maximum atomic E-state index is 14.0. The van der Waals surface area contributed by atoms with E-state index in [1.807, 2.05) is 0 Å². The highest BCUT2D eigenvalue weighted by atomic mass is 19.1. The summed E-state index contributed by atoms with van der Waals surface area (Å²) in [5.74, 6) is -2.99. The van der Waals surface area contributed by atoms with Crippen molar-refractivity contribution in [1.82, 2.24) is 4.90 Å². The van der Waals surface area contributed by atoms with E-state index in [0.29, 0.717) is 31.6 Å². The number of carbonyl (C=O) groups is 1. The maximum Gasteiger partial charge on any atom is 0.308 e. The second kappa shape index (κ2) is 5.72.